The molecule has 0 spiro atoms. The van der Waals surface area contributed by atoms with E-state index in [2.05, 4.69) is 211 Å². The summed E-state index contributed by atoms with van der Waals surface area (Å²) in [6, 6.07) is 75.5. The Bertz CT molecular complexity index is 3890. The summed E-state index contributed by atoms with van der Waals surface area (Å²) in [6.07, 6.45) is 0. The van der Waals surface area contributed by atoms with E-state index in [4.69, 9.17) is 4.98 Å². The molecule has 0 aliphatic heterocycles. The van der Waals surface area contributed by atoms with Crippen LogP contribution in [0.25, 0.3) is 124 Å². The van der Waals surface area contributed by atoms with Crippen molar-refractivity contribution in [2.45, 2.75) is 0 Å². The van der Waals surface area contributed by atoms with Crippen LogP contribution in [0.3, 0.4) is 0 Å². The Morgan fingerprint density at radius 1 is 0.350 bits per heavy atom. The standard InChI is InChI=1S/C57H34N2S/c1-2-17-39(18-3-1)59-50-26-10-8-22-44(50)45-29-28-36(34-51(45)59)35-15-12-16-37(32-35)41-24-13-25-47-54-48(30-31-53-55(54)46-23-9-11-27-52(46)60-53)57(58-56(41)47)49-33-38-14-4-5-19-40(38)42-20-6-7-21-43(42)49/h1-34H. The third kappa shape index (κ3) is 4.90. The second-order valence-corrected chi connectivity index (χ2v) is 16.9. The summed E-state index contributed by atoms with van der Waals surface area (Å²) in [5, 5.41) is 13.6. The SMILES string of the molecule is c1ccc(-n2c3ccccc3c3ccc(-c4cccc(-c5cccc6c5nc(-c5cc7ccccc7c7ccccc57)c5ccc7sc8ccccc8c7c56)c4)cc32)cc1. The minimum atomic E-state index is 1.01. The highest BCUT2D eigenvalue weighted by Gasteiger charge is 2.21. The molecule has 10 aromatic carbocycles. The number of hydrogen-bond donors (Lipinski definition) is 0. The Labute approximate surface area is 349 Å². The number of benzene rings is 10. The van der Waals surface area contributed by atoms with Gasteiger partial charge in [-0.3, -0.25) is 0 Å². The highest BCUT2D eigenvalue weighted by atomic mass is 32.1. The molecule has 0 unspecified atom stereocenters. The van der Waals surface area contributed by atoms with Crippen molar-refractivity contribution < 1.29 is 0 Å². The zero-order valence-corrected chi connectivity index (χ0v) is 33.2. The van der Waals surface area contributed by atoms with Gasteiger partial charge in [-0.2, -0.15) is 0 Å². The first kappa shape index (κ1) is 33.4. The van der Waals surface area contributed by atoms with Gasteiger partial charge in [-0.15, -0.1) is 11.3 Å². The van der Waals surface area contributed by atoms with Crippen molar-refractivity contribution in [2.75, 3.05) is 0 Å². The Hall–Kier alpha value is -7.59. The fourth-order valence-corrected chi connectivity index (χ4v) is 11.0. The molecule has 3 aromatic heterocycles. The lowest BCUT2D eigenvalue weighted by Crippen LogP contribution is -1.94. The molecule has 13 aromatic rings. The highest BCUT2D eigenvalue weighted by molar-refractivity contribution is 7.26. The first-order chi connectivity index (χ1) is 29.8. The number of nitrogens with zero attached hydrogens (tertiary/aromatic N) is 2. The van der Waals surface area contributed by atoms with E-state index in [1.54, 1.807) is 0 Å². The number of fused-ring (bicyclic) bond motifs is 13. The van der Waals surface area contributed by atoms with E-state index in [0.717, 1.165) is 33.6 Å². The molecule has 0 saturated heterocycles. The topological polar surface area (TPSA) is 17.8 Å². The van der Waals surface area contributed by atoms with Gasteiger partial charge >= 0.3 is 0 Å². The zero-order valence-electron chi connectivity index (χ0n) is 32.4. The van der Waals surface area contributed by atoms with Crippen LogP contribution in [0.15, 0.2) is 206 Å². The lowest BCUT2D eigenvalue weighted by atomic mass is 9.90. The molecule has 278 valence electrons. The van der Waals surface area contributed by atoms with Gasteiger partial charge in [-0.1, -0.05) is 158 Å². The van der Waals surface area contributed by atoms with E-state index in [-0.39, 0.29) is 0 Å². The Morgan fingerprint density at radius 2 is 1.02 bits per heavy atom. The van der Waals surface area contributed by atoms with Gasteiger partial charge in [0.15, 0.2) is 0 Å². The molecule has 0 fully saturated rings. The second kappa shape index (κ2) is 13.0. The van der Waals surface area contributed by atoms with Crippen molar-refractivity contribution in [1.29, 1.82) is 0 Å². The Kier molecular flexibility index (Phi) is 7.21. The van der Waals surface area contributed by atoms with Crippen LogP contribution in [0.2, 0.25) is 0 Å². The molecule has 60 heavy (non-hydrogen) atoms. The van der Waals surface area contributed by atoms with Crippen LogP contribution in [-0.2, 0) is 0 Å². The van der Waals surface area contributed by atoms with Crippen molar-refractivity contribution in [3.05, 3.63) is 206 Å². The molecule has 0 saturated carbocycles. The molecule has 2 nitrogen and oxygen atoms in total. The summed E-state index contributed by atoms with van der Waals surface area (Å²) in [5.74, 6) is 0. The van der Waals surface area contributed by atoms with Gasteiger partial charge in [0.05, 0.1) is 22.2 Å². The van der Waals surface area contributed by atoms with Crippen LogP contribution in [0.4, 0.5) is 0 Å². The third-order valence-corrected chi connectivity index (χ3v) is 13.7. The minimum absolute atomic E-state index is 1.01. The van der Waals surface area contributed by atoms with Gasteiger partial charge in [0.25, 0.3) is 0 Å². The lowest BCUT2D eigenvalue weighted by Gasteiger charge is -2.17. The van der Waals surface area contributed by atoms with E-state index >= 15 is 0 Å². The van der Waals surface area contributed by atoms with Crippen molar-refractivity contribution in [2.24, 2.45) is 0 Å². The fraction of sp³-hybridized carbons (Fsp3) is 0. The summed E-state index contributed by atoms with van der Waals surface area (Å²) in [6.45, 7) is 0. The number of hydrogen-bond acceptors (Lipinski definition) is 2. The number of rotatable bonds is 4. The van der Waals surface area contributed by atoms with Gasteiger partial charge < -0.3 is 4.57 Å². The molecular weight excluding hydrogens is 745 g/mol. The Morgan fingerprint density at radius 3 is 1.92 bits per heavy atom. The number of thiophene rings is 1. The predicted octanol–water partition coefficient (Wildman–Crippen LogP) is 16.2. The molecule has 0 aliphatic carbocycles. The molecule has 0 N–H and O–H groups in total. The van der Waals surface area contributed by atoms with E-state index in [1.165, 1.54) is 90.8 Å². The van der Waals surface area contributed by atoms with Crippen LogP contribution in [0, 0.1) is 0 Å². The van der Waals surface area contributed by atoms with Crippen LogP contribution in [0.5, 0.6) is 0 Å². The average Bonchev–Trinajstić information content (AvgIpc) is 3.87. The lowest BCUT2D eigenvalue weighted by molar-refractivity contribution is 1.18. The van der Waals surface area contributed by atoms with Crippen LogP contribution >= 0.6 is 11.3 Å². The van der Waals surface area contributed by atoms with E-state index in [1.807, 2.05) is 11.3 Å². The van der Waals surface area contributed by atoms with Crippen molar-refractivity contribution in [1.82, 2.24) is 9.55 Å². The highest BCUT2D eigenvalue weighted by Crippen LogP contribution is 2.47. The van der Waals surface area contributed by atoms with Crippen LogP contribution in [0.1, 0.15) is 0 Å². The molecular formula is C57H34N2S. The van der Waals surface area contributed by atoms with Gasteiger partial charge in [0, 0.05) is 63.9 Å². The van der Waals surface area contributed by atoms with Gasteiger partial charge in [0.2, 0.25) is 0 Å². The maximum Gasteiger partial charge on any atom is 0.0795 e. The van der Waals surface area contributed by atoms with E-state index in [0.29, 0.717) is 0 Å². The normalized spacial score (nSPS) is 12.0. The monoisotopic (exact) mass is 778 g/mol. The molecule has 3 heterocycles. The number of pyridine rings is 1. The van der Waals surface area contributed by atoms with Crippen LogP contribution in [-0.4, -0.2) is 9.55 Å². The van der Waals surface area contributed by atoms with Crippen LogP contribution < -0.4 is 0 Å². The quantitative estimate of drug-likeness (QED) is 0.163. The third-order valence-electron chi connectivity index (χ3n) is 12.5. The first-order valence-electron chi connectivity index (χ1n) is 20.5. The second-order valence-electron chi connectivity index (χ2n) is 15.8. The summed E-state index contributed by atoms with van der Waals surface area (Å²) in [4.78, 5) is 5.79. The summed E-state index contributed by atoms with van der Waals surface area (Å²) < 4.78 is 4.99. The van der Waals surface area contributed by atoms with Gasteiger partial charge in [-0.25, -0.2) is 4.98 Å². The van der Waals surface area contributed by atoms with Gasteiger partial charge in [-0.05, 0) is 86.8 Å². The average molecular weight is 779 g/mol. The van der Waals surface area contributed by atoms with Crippen molar-refractivity contribution in [3.63, 3.8) is 0 Å². The smallest absolute Gasteiger partial charge is 0.0795 e. The predicted molar refractivity (Wildman–Crippen MR) is 258 cm³/mol. The van der Waals surface area contributed by atoms with E-state index < -0.39 is 0 Å². The van der Waals surface area contributed by atoms with Crippen molar-refractivity contribution in [3.8, 4) is 39.2 Å². The minimum Gasteiger partial charge on any atom is -0.309 e. The van der Waals surface area contributed by atoms with Crippen molar-refractivity contribution >= 4 is 96.5 Å². The molecule has 3 heteroatoms. The largest absolute Gasteiger partial charge is 0.309 e. The molecule has 0 amide bonds. The molecule has 0 atom stereocenters. The maximum atomic E-state index is 5.79. The zero-order chi connectivity index (χ0) is 39.3. The van der Waals surface area contributed by atoms with E-state index in [9.17, 15) is 0 Å². The number of aromatic nitrogens is 2. The number of para-hydroxylation sites is 3. The molecule has 0 radical (unpaired) electrons. The molecule has 0 aliphatic rings. The summed E-state index contributed by atoms with van der Waals surface area (Å²) in [7, 11) is 0. The maximum absolute atomic E-state index is 5.79. The Balaban J connectivity index is 1.08. The first-order valence-corrected chi connectivity index (χ1v) is 21.4. The van der Waals surface area contributed by atoms with Gasteiger partial charge in [0.1, 0.15) is 0 Å². The summed E-state index contributed by atoms with van der Waals surface area (Å²) in [5.41, 5.74) is 11.4. The fourth-order valence-electron chi connectivity index (χ4n) is 9.89. The summed E-state index contributed by atoms with van der Waals surface area (Å²) >= 11 is 1.87. The molecule has 13 rings (SSSR count). The molecule has 0 bridgehead atoms.